The van der Waals surface area contributed by atoms with Gasteiger partial charge < -0.3 is 15.0 Å². The Labute approximate surface area is 153 Å². The molecule has 1 aromatic carbocycles. The predicted octanol–water partition coefficient (Wildman–Crippen LogP) is 2.88. The largest absolute Gasteiger partial charge is 0.376 e. The van der Waals surface area contributed by atoms with Gasteiger partial charge in [-0.25, -0.2) is 0 Å². The van der Waals surface area contributed by atoms with Crippen molar-refractivity contribution in [2.45, 2.75) is 44.8 Å². The third-order valence-electron chi connectivity index (χ3n) is 5.06. The Kier molecular flexibility index (Phi) is 5.97. The van der Waals surface area contributed by atoms with Crippen molar-refractivity contribution in [3.63, 3.8) is 0 Å². The molecule has 25 heavy (non-hydrogen) atoms. The zero-order chi connectivity index (χ0) is 17.8. The summed E-state index contributed by atoms with van der Waals surface area (Å²) in [7, 11) is 0. The van der Waals surface area contributed by atoms with Crippen molar-refractivity contribution >= 4 is 23.4 Å². The van der Waals surface area contributed by atoms with Crippen LogP contribution in [0.15, 0.2) is 24.3 Å². The van der Waals surface area contributed by atoms with Crippen LogP contribution in [0.3, 0.4) is 0 Å². The number of benzene rings is 1. The van der Waals surface area contributed by atoms with Gasteiger partial charge in [0.2, 0.25) is 5.91 Å². The molecule has 2 aliphatic heterocycles. The number of halogens is 1. The van der Waals surface area contributed by atoms with E-state index in [0.717, 1.165) is 32.3 Å². The summed E-state index contributed by atoms with van der Waals surface area (Å²) in [5.74, 6) is -0.174. The molecular formula is C19H25ClN2O3. The molecule has 2 amide bonds. The summed E-state index contributed by atoms with van der Waals surface area (Å²) in [5, 5.41) is 3.69. The number of piperidine rings is 1. The Morgan fingerprint density at radius 2 is 2.00 bits per heavy atom. The molecule has 1 N–H and O–H groups in total. The fraction of sp³-hybridized carbons (Fsp3) is 0.579. The fourth-order valence-electron chi connectivity index (χ4n) is 3.58. The summed E-state index contributed by atoms with van der Waals surface area (Å²) in [6, 6.07) is 6.90. The van der Waals surface area contributed by atoms with Crippen LogP contribution in [0.2, 0.25) is 5.02 Å². The van der Waals surface area contributed by atoms with Gasteiger partial charge in [0.05, 0.1) is 18.1 Å². The molecular weight excluding hydrogens is 340 g/mol. The van der Waals surface area contributed by atoms with Gasteiger partial charge >= 0.3 is 0 Å². The maximum absolute atomic E-state index is 12.6. The molecule has 3 rings (SSSR count). The van der Waals surface area contributed by atoms with Gasteiger partial charge in [-0.05, 0) is 56.9 Å². The van der Waals surface area contributed by atoms with Crippen LogP contribution in [0.1, 0.15) is 43.0 Å². The van der Waals surface area contributed by atoms with E-state index in [4.69, 9.17) is 16.3 Å². The predicted molar refractivity (Wildman–Crippen MR) is 96.7 cm³/mol. The minimum absolute atomic E-state index is 0.0114. The highest BCUT2D eigenvalue weighted by atomic mass is 35.5. The number of carbonyl (C=O) groups is 2. The number of likely N-dealkylation sites (tertiary alicyclic amines) is 1. The average Bonchev–Trinajstić information content (AvgIpc) is 3.16. The molecule has 1 aromatic rings. The lowest BCUT2D eigenvalue weighted by molar-refractivity contribution is -0.127. The van der Waals surface area contributed by atoms with Gasteiger partial charge in [0, 0.05) is 30.3 Å². The van der Waals surface area contributed by atoms with Crippen LogP contribution in [-0.4, -0.2) is 48.6 Å². The van der Waals surface area contributed by atoms with Gasteiger partial charge in [-0.15, -0.1) is 0 Å². The molecule has 3 unspecified atom stereocenters. The second kappa shape index (κ2) is 8.19. The quantitative estimate of drug-likeness (QED) is 0.893. The smallest absolute Gasteiger partial charge is 0.253 e. The van der Waals surface area contributed by atoms with Crippen LogP contribution in [0.5, 0.6) is 0 Å². The van der Waals surface area contributed by atoms with Crippen LogP contribution >= 0.6 is 11.6 Å². The van der Waals surface area contributed by atoms with E-state index in [-0.39, 0.29) is 29.9 Å². The zero-order valence-corrected chi connectivity index (χ0v) is 15.3. The highest BCUT2D eigenvalue weighted by Gasteiger charge is 2.31. The van der Waals surface area contributed by atoms with E-state index >= 15 is 0 Å². The minimum Gasteiger partial charge on any atom is -0.376 e. The van der Waals surface area contributed by atoms with E-state index in [1.54, 1.807) is 29.2 Å². The summed E-state index contributed by atoms with van der Waals surface area (Å²) in [4.78, 5) is 27.0. The molecule has 0 aromatic heterocycles. The van der Waals surface area contributed by atoms with Crippen LogP contribution in [-0.2, 0) is 9.53 Å². The number of carbonyl (C=O) groups excluding carboxylic acids is 2. The van der Waals surface area contributed by atoms with Gasteiger partial charge in [0.1, 0.15) is 0 Å². The number of ether oxygens (including phenoxy) is 1. The summed E-state index contributed by atoms with van der Waals surface area (Å²) >= 11 is 5.88. The maximum Gasteiger partial charge on any atom is 0.253 e. The highest BCUT2D eigenvalue weighted by molar-refractivity contribution is 6.30. The monoisotopic (exact) mass is 364 g/mol. The van der Waals surface area contributed by atoms with Crippen molar-refractivity contribution in [2.24, 2.45) is 5.92 Å². The van der Waals surface area contributed by atoms with E-state index < -0.39 is 0 Å². The van der Waals surface area contributed by atoms with Crippen LogP contribution in [0.25, 0.3) is 0 Å². The van der Waals surface area contributed by atoms with Crippen molar-refractivity contribution in [1.29, 1.82) is 0 Å². The van der Waals surface area contributed by atoms with Gasteiger partial charge in [-0.1, -0.05) is 11.6 Å². The Balaban J connectivity index is 1.57. The lowest BCUT2D eigenvalue weighted by Gasteiger charge is -2.33. The minimum atomic E-state index is -0.158. The fourth-order valence-corrected chi connectivity index (χ4v) is 3.71. The summed E-state index contributed by atoms with van der Waals surface area (Å²) in [6.07, 6.45) is 3.81. The summed E-state index contributed by atoms with van der Waals surface area (Å²) < 4.78 is 5.64. The van der Waals surface area contributed by atoms with Crippen molar-refractivity contribution in [3.05, 3.63) is 34.9 Å². The SMILES string of the molecule is CC(NC(=O)C1CCCN(C(=O)c2ccc(Cl)cc2)C1)C1CCCO1. The number of nitrogens with zero attached hydrogens (tertiary/aromatic N) is 1. The first-order chi connectivity index (χ1) is 12.0. The molecule has 2 saturated heterocycles. The number of rotatable bonds is 4. The molecule has 5 nitrogen and oxygen atoms in total. The molecule has 0 radical (unpaired) electrons. The second-order valence-corrected chi connectivity index (χ2v) is 7.38. The molecule has 0 spiro atoms. The van der Waals surface area contributed by atoms with Crippen LogP contribution < -0.4 is 5.32 Å². The molecule has 0 aliphatic carbocycles. The molecule has 2 fully saturated rings. The zero-order valence-electron chi connectivity index (χ0n) is 14.5. The van der Waals surface area contributed by atoms with Crippen molar-refractivity contribution in [2.75, 3.05) is 19.7 Å². The summed E-state index contributed by atoms with van der Waals surface area (Å²) in [5.41, 5.74) is 0.609. The number of hydrogen-bond acceptors (Lipinski definition) is 3. The molecule has 3 atom stereocenters. The number of amides is 2. The lowest BCUT2D eigenvalue weighted by atomic mass is 9.95. The Morgan fingerprint density at radius 1 is 1.24 bits per heavy atom. The van der Waals surface area contributed by atoms with E-state index in [1.807, 2.05) is 6.92 Å². The van der Waals surface area contributed by atoms with Crippen molar-refractivity contribution < 1.29 is 14.3 Å². The maximum atomic E-state index is 12.6. The molecule has 0 saturated carbocycles. The molecule has 0 bridgehead atoms. The summed E-state index contributed by atoms with van der Waals surface area (Å²) in [6.45, 7) is 3.92. The third kappa shape index (κ3) is 4.53. The number of nitrogens with one attached hydrogen (secondary N) is 1. The second-order valence-electron chi connectivity index (χ2n) is 6.95. The first-order valence-electron chi connectivity index (χ1n) is 9.01. The Bertz CT molecular complexity index is 614. The average molecular weight is 365 g/mol. The Morgan fingerprint density at radius 3 is 2.68 bits per heavy atom. The topological polar surface area (TPSA) is 58.6 Å². The van der Waals surface area contributed by atoms with Gasteiger partial charge in [-0.2, -0.15) is 0 Å². The van der Waals surface area contributed by atoms with Gasteiger partial charge in [0.25, 0.3) is 5.91 Å². The lowest BCUT2D eigenvalue weighted by Crippen LogP contribution is -2.49. The van der Waals surface area contributed by atoms with Crippen molar-refractivity contribution in [1.82, 2.24) is 10.2 Å². The third-order valence-corrected chi connectivity index (χ3v) is 5.32. The first kappa shape index (κ1) is 18.2. The van der Waals surface area contributed by atoms with E-state index in [9.17, 15) is 9.59 Å². The molecule has 6 heteroatoms. The number of hydrogen-bond donors (Lipinski definition) is 1. The molecule has 2 aliphatic rings. The molecule has 136 valence electrons. The van der Waals surface area contributed by atoms with Crippen molar-refractivity contribution in [3.8, 4) is 0 Å². The normalized spacial score (nSPS) is 24.8. The van der Waals surface area contributed by atoms with Gasteiger partial charge in [0.15, 0.2) is 0 Å². The first-order valence-corrected chi connectivity index (χ1v) is 9.39. The standard InChI is InChI=1S/C19H25ClN2O3/c1-13(17-5-3-11-25-17)21-18(23)15-4-2-10-22(12-15)19(24)14-6-8-16(20)9-7-14/h6-9,13,15,17H,2-5,10-12H2,1H3,(H,21,23). The van der Waals surface area contributed by atoms with Crippen LogP contribution in [0.4, 0.5) is 0 Å². The highest BCUT2D eigenvalue weighted by Crippen LogP contribution is 2.21. The van der Waals surface area contributed by atoms with E-state index in [1.165, 1.54) is 0 Å². The van der Waals surface area contributed by atoms with E-state index in [0.29, 0.717) is 23.7 Å². The van der Waals surface area contributed by atoms with E-state index in [2.05, 4.69) is 5.32 Å². The van der Waals surface area contributed by atoms with Crippen LogP contribution in [0, 0.1) is 5.92 Å². The Hall–Kier alpha value is -1.59. The van der Waals surface area contributed by atoms with Gasteiger partial charge in [-0.3, -0.25) is 9.59 Å². The molecule has 2 heterocycles.